The molecule has 0 unspecified atom stereocenters. The van der Waals surface area contributed by atoms with Gasteiger partial charge in [-0.15, -0.1) is 0 Å². The van der Waals surface area contributed by atoms with Crippen molar-refractivity contribution in [2.45, 2.75) is 6.29 Å². The number of para-hydroxylation sites is 1. The van der Waals surface area contributed by atoms with Crippen molar-refractivity contribution in [1.29, 1.82) is 0 Å². The average Bonchev–Trinajstić information content (AvgIpc) is 2.23. The Morgan fingerprint density at radius 1 is 0.857 bits per heavy atom. The largest absolute Gasteiger partial charge is 0.466 e. The third kappa shape index (κ3) is 38.2. The topological polar surface area (TPSA) is 208 Å². The van der Waals surface area contributed by atoms with Gasteiger partial charge >= 0.3 is 15.6 Å². The van der Waals surface area contributed by atoms with E-state index in [0.29, 0.717) is 0 Å². The first-order chi connectivity index (χ1) is 9.29. The molecule has 1 aromatic rings. The van der Waals surface area contributed by atoms with Gasteiger partial charge in [0.2, 0.25) is 0 Å². The molecule has 0 amide bonds. The van der Waals surface area contributed by atoms with Crippen molar-refractivity contribution in [2.75, 3.05) is 11.9 Å². The van der Waals surface area contributed by atoms with E-state index in [-0.39, 0.29) is 6.54 Å². The van der Waals surface area contributed by atoms with E-state index in [9.17, 15) is 0 Å². The van der Waals surface area contributed by atoms with Gasteiger partial charge in [-0.3, -0.25) is 0 Å². The Morgan fingerprint density at radius 2 is 1.19 bits per heavy atom. The second kappa shape index (κ2) is 10.8. The molecule has 0 aliphatic rings. The van der Waals surface area contributed by atoms with Crippen LogP contribution in [0.3, 0.4) is 0 Å². The third-order valence-electron chi connectivity index (χ3n) is 1.26. The van der Waals surface area contributed by atoms with Crippen molar-refractivity contribution in [2.24, 2.45) is 0 Å². The van der Waals surface area contributed by atoms with Crippen LogP contribution in [0.5, 0.6) is 0 Å². The van der Waals surface area contributed by atoms with Gasteiger partial charge in [-0.2, -0.15) is 0 Å². The first-order valence-corrected chi connectivity index (χ1v) is 8.13. The van der Waals surface area contributed by atoms with E-state index in [1.54, 1.807) is 0 Å². The molecule has 13 heteroatoms. The maximum Gasteiger partial charge on any atom is 0.466 e. The van der Waals surface area contributed by atoms with E-state index in [1.807, 2.05) is 30.3 Å². The Morgan fingerprint density at radius 3 is 1.48 bits per heavy atom. The summed E-state index contributed by atoms with van der Waals surface area (Å²) < 4.78 is 17.8. The smallest absolute Gasteiger partial charge is 0.380 e. The first-order valence-electron chi connectivity index (χ1n) is 5.00. The molecule has 124 valence electrons. The summed E-state index contributed by atoms with van der Waals surface area (Å²) in [6, 6.07) is 9.39. The highest BCUT2D eigenvalue weighted by atomic mass is 31.2. The summed E-state index contributed by atoms with van der Waals surface area (Å²) in [6.45, 7) is 0.157. The zero-order chi connectivity index (χ0) is 17.1. The Kier molecular flexibility index (Phi) is 11.6. The normalized spacial score (nSPS) is 10.9. The zero-order valence-corrected chi connectivity index (χ0v) is 12.2. The lowest BCUT2D eigenvalue weighted by molar-refractivity contribution is -0.0275. The van der Waals surface area contributed by atoms with E-state index in [2.05, 4.69) is 5.32 Å². The van der Waals surface area contributed by atoms with E-state index in [4.69, 9.17) is 48.7 Å². The minimum atomic E-state index is -4.64. The number of anilines is 1. The lowest BCUT2D eigenvalue weighted by Gasteiger charge is -2.06. The SMILES string of the molecule is O=P(O)(O)O.O=P(O)(O)O.OC(O)CNc1ccccc1. The molecule has 0 bridgehead atoms. The Bertz CT molecular complexity index is 419. The van der Waals surface area contributed by atoms with E-state index < -0.39 is 21.9 Å². The standard InChI is InChI=1S/C8H11NO2.2H3O4P/c10-8(11)6-9-7-4-2-1-3-5-7;2*1-5(2,3)4/h1-5,8-11H,6H2;2*(H3,1,2,3,4). The van der Waals surface area contributed by atoms with Gasteiger partial charge in [0.15, 0.2) is 6.29 Å². The first kappa shape index (κ1) is 22.4. The number of phosphoric acid groups is 2. The van der Waals surface area contributed by atoms with Crippen LogP contribution in [-0.2, 0) is 9.13 Å². The molecule has 0 spiro atoms. The summed E-state index contributed by atoms with van der Waals surface area (Å²) >= 11 is 0. The predicted molar refractivity (Wildman–Crippen MR) is 71.7 cm³/mol. The van der Waals surface area contributed by atoms with Crippen LogP contribution >= 0.6 is 15.6 Å². The fraction of sp³-hybridized carbons (Fsp3) is 0.250. The van der Waals surface area contributed by atoms with Crippen LogP contribution in [-0.4, -0.2) is 52.4 Å². The molecule has 0 atom stereocenters. The molecule has 0 radical (unpaired) electrons. The highest BCUT2D eigenvalue weighted by molar-refractivity contribution is 7.45. The minimum Gasteiger partial charge on any atom is -0.380 e. The number of aliphatic hydroxyl groups is 2. The third-order valence-corrected chi connectivity index (χ3v) is 1.26. The molecule has 0 saturated heterocycles. The highest BCUT2D eigenvalue weighted by Gasteiger charge is 2.00. The van der Waals surface area contributed by atoms with Crippen LogP contribution in [0, 0.1) is 0 Å². The van der Waals surface area contributed by atoms with Crippen LogP contribution in [0.2, 0.25) is 0 Å². The summed E-state index contributed by atoms with van der Waals surface area (Å²) in [5.74, 6) is 0. The molecule has 0 aliphatic carbocycles. The van der Waals surface area contributed by atoms with Gasteiger partial charge in [0.05, 0.1) is 6.54 Å². The number of nitrogens with one attached hydrogen (secondary N) is 1. The average molecular weight is 349 g/mol. The maximum absolute atomic E-state index is 8.88. The lowest BCUT2D eigenvalue weighted by Crippen LogP contribution is -2.17. The van der Waals surface area contributed by atoms with Crippen molar-refractivity contribution in [3.63, 3.8) is 0 Å². The molecule has 11 nitrogen and oxygen atoms in total. The van der Waals surface area contributed by atoms with Crippen molar-refractivity contribution < 1.29 is 48.7 Å². The summed E-state index contributed by atoms with van der Waals surface area (Å²) in [7, 11) is -9.28. The van der Waals surface area contributed by atoms with Gasteiger partial charge in [0.1, 0.15) is 0 Å². The van der Waals surface area contributed by atoms with E-state index in [1.165, 1.54) is 0 Å². The minimum absolute atomic E-state index is 0.157. The molecule has 1 rings (SSSR count). The van der Waals surface area contributed by atoms with Crippen LogP contribution in [0.15, 0.2) is 30.3 Å². The van der Waals surface area contributed by atoms with Gasteiger partial charge in [0, 0.05) is 5.69 Å². The van der Waals surface area contributed by atoms with Crippen LogP contribution in [0.1, 0.15) is 0 Å². The van der Waals surface area contributed by atoms with Crippen LogP contribution < -0.4 is 5.32 Å². The van der Waals surface area contributed by atoms with Crippen molar-refractivity contribution >= 4 is 21.3 Å². The number of hydrogen-bond donors (Lipinski definition) is 9. The Balaban J connectivity index is 0. The van der Waals surface area contributed by atoms with Gasteiger partial charge < -0.3 is 44.9 Å². The summed E-state index contributed by atoms with van der Waals surface area (Å²) in [4.78, 5) is 43.1. The molecule has 0 fully saturated rings. The quantitative estimate of drug-likeness (QED) is 0.228. The molecule has 1 aromatic carbocycles. The molecule has 0 aromatic heterocycles. The number of aliphatic hydroxyl groups excluding tert-OH is 1. The second-order valence-electron chi connectivity index (χ2n) is 3.25. The van der Waals surface area contributed by atoms with Gasteiger partial charge in [-0.05, 0) is 12.1 Å². The van der Waals surface area contributed by atoms with Crippen LogP contribution in [0.25, 0.3) is 0 Å². The molecule has 9 N–H and O–H groups in total. The maximum atomic E-state index is 8.88. The van der Waals surface area contributed by atoms with Crippen molar-refractivity contribution in [3.05, 3.63) is 30.3 Å². The lowest BCUT2D eigenvalue weighted by atomic mass is 10.3. The molecule has 21 heavy (non-hydrogen) atoms. The zero-order valence-electron chi connectivity index (χ0n) is 10.5. The molecular formula is C8H17NO10P2. The van der Waals surface area contributed by atoms with E-state index in [0.717, 1.165) is 5.69 Å². The predicted octanol–water partition coefficient (Wildman–Crippen LogP) is -1.45. The molecule has 0 saturated carbocycles. The number of benzene rings is 1. The fourth-order valence-electron chi connectivity index (χ4n) is 0.765. The molecule has 0 aliphatic heterocycles. The highest BCUT2D eigenvalue weighted by Crippen LogP contribution is 2.26. The molecular weight excluding hydrogens is 332 g/mol. The second-order valence-corrected chi connectivity index (χ2v) is 5.31. The fourth-order valence-corrected chi connectivity index (χ4v) is 0.765. The monoisotopic (exact) mass is 349 g/mol. The van der Waals surface area contributed by atoms with E-state index >= 15 is 0 Å². The number of rotatable bonds is 3. The Labute approximate surface area is 119 Å². The summed E-state index contributed by atoms with van der Waals surface area (Å²) in [5.41, 5.74) is 0.889. The van der Waals surface area contributed by atoms with Crippen LogP contribution in [0.4, 0.5) is 5.69 Å². The molecule has 0 heterocycles. The van der Waals surface area contributed by atoms with Crippen molar-refractivity contribution in [1.82, 2.24) is 0 Å². The van der Waals surface area contributed by atoms with Crippen molar-refractivity contribution in [3.8, 4) is 0 Å². The van der Waals surface area contributed by atoms with Gasteiger partial charge in [0.25, 0.3) is 0 Å². The number of hydrogen-bond acceptors (Lipinski definition) is 5. The Hall–Kier alpha value is -0.840. The van der Waals surface area contributed by atoms with Gasteiger partial charge in [-0.1, -0.05) is 18.2 Å². The van der Waals surface area contributed by atoms with Gasteiger partial charge in [-0.25, -0.2) is 9.13 Å². The summed E-state index contributed by atoms with van der Waals surface area (Å²) in [6.07, 6.45) is -1.30. The summed E-state index contributed by atoms with van der Waals surface area (Å²) in [5, 5.41) is 19.9.